The first kappa shape index (κ1) is 17.5. The first-order chi connectivity index (χ1) is 9.49. The van der Waals surface area contributed by atoms with Crippen molar-refractivity contribution in [2.45, 2.75) is 73.6 Å². The first-order valence-corrected chi connectivity index (χ1v) is 8.67. The SMILES string of the molecule is CC/C(C)=N\CC(C)C(C)C(C)C(CC)CC1=CCC1. The molecule has 0 radical (unpaired) electrons. The molecule has 0 aromatic carbocycles. The van der Waals surface area contributed by atoms with Crippen molar-refractivity contribution in [1.82, 2.24) is 0 Å². The summed E-state index contributed by atoms with van der Waals surface area (Å²) in [7, 11) is 0. The Balaban J connectivity index is 2.51. The van der Waals surface area contributed by atoms with Gasteiger partial charge in [0.05, 0.1) is 0 Å². The maximum absolute atomic E-state index is 4.72. The Bertz CT molecular complexity index is 340. The van der Waals surface area contributed by atoms with E-state index in [0.717, 1.165) is 30.7 Å². The van der Waals surface area contributed by atoms with E-state index in [-0.39, 0.29) is 0 Å². The fraction of sp³-hybridized carbons (Fsp3) is 0.842. The van der Waals surface area contributed by atoms with Crippen molar-refractivity contribution >= 4 is 5.71 Å². The van der Waals surface area contributed by atoms with Gasteiger partial charge in [-0.3, -0.25) is 4.99 Å². The predicted molar refractivity (Wildman–Crippen MR) is 91.5 cm³/mol. The molecule has 20 heavy (non-hydrogen) atoms. The van der Waals surface area contributed by atoms with Crippen molar-refractivity contribution in [3.63, 3.8) is 0 Å². The van der Waals surface area contributed by atoms with Gasteiger partial charge < -0.3 is 0 Å². The Kier molecular flexibility index (Phi) is 7.55. The van der Waals surface area contributed by atoms with Gasteiger partial charge in [0.25, 0.3) is 0 Å². The molecule has 0 aromatic rings. The number of nitrogens with zero attached hydrogens (tertiary/aromatic N) is 1. The van der Waals surface area contributed by atoms with Crippen LogP contribution >= 0.6 is 0 Å². The second kappa shape index (κ2) is 8.64. The standard InChI is InChI=1S/C19H35N/c1-7-15(4)20-13-14(3)16(5)17(6)19(8-2)12-18-10-9-11-18/h10,14,16-17,19H,7-9,11-13H2,1-6H3/b20-15-. The van der Waals surface area contributed by atoms with E-state index in [1.165, 1.54) is 31.4 Å². The van der Waals surface area contributed by atoms with Gasteiger partial charge in [0.15, 0.2) is 0 Å². The molecule has 0 spiro atoms. The molecule has 1 aliphatic carbocycles. The number of allylic oxidation sites excluding steroid dienone is 2. The molecule has 1 rings (SSSR count). The van der Waals surface area contributed by atoms with E-state index in [1.54, 1.807) is 5.57 Å². The van der Waals surface area contributed by atoms with Crippen LogP contribution in [-0.2, 0) is 0 Å². The molecule has 0 bridgehead atoms. The summed E-state index contributed by atoms with van der Waals surface area (Å²) in [5.74, 6) is 3.11. The Morgan fingerprint density at radius 2 is 1.85 bits per heavy atom. The summed E-state index contributed by atoms with van der Waals surface area (Å²) in [6.07, 6.45) is 8.85. The molecule has 1 aliphatic rings. The number of hydrogen-bond donors (Lipinski definition) is 0. The molecule has 1 nitrogen and oxygen atoms in total. The van der Waals surface area contributed by atoms with Crippen LogP contribution in [0, 0.1) is 23.7 Å². The minimum Gasteiger partial charge on any atom is -0.294 e. The molecule has 0 saturated heterocycles. The highest BCUT2D eigenvalue weighted by Gasteiger charge is 2.26. The van der Waals surface area contributed by atoms with Crippen molar-refractivity contribution in [2.75, 3.05) is 6.54 Å². The van der Waals surface area contributed by atoms with Crippen molar-refractivity contribution in [3.05, 3.63) is 11.6 Å². The normalized spacial score (nSPS) is 21.7. The van der Waals surface area contributed by atoms with E-state index < -0.39 is 0 Å². The summed E-state index contributed by atoms with van der Waals surface area (Å²) in [6.45, 7) is 15.0. The zero-order valence-corrected chi connectivity index (χ0v) is 14.6. The van der Waals surface area contributed by atoms with Gasteiger partial charge in [-0.05, 0) is 56.3 Å². The maximum Gasteiger partial charge on any atom is 0.0416 e. The molecule has 0 aromatic heterocycles. The lowest BCUT2D eigenvalue weighted by Crippen LogP contribution is -2.26. The van der Waals surface area contributed by atoms with E-state index in [0.29, 0.717) is 5.92 Å². The van der Waals surface area contributed by atoms with Gasteiger partial charge in [-0.25, -0.2) is 0 Å². The van der Waals surface area contributed by atoms with Crippen molar-refractivity contribution in [3.8, 4) is 0 Å². The predicted octanol–water partition coefficient (Wildman–Crippen LogP) is 5.90. The van der Waals surface area contributed by atoms with Crippen LogP contribution in [0.3, 0.4) is 0 Å². The maximum atomic E-state index is 4.72. The zero-order valence-electron chi connectivity index (χ0n) is 14.6. The molecular weight excluding hydrogens is 242 g/mol. The highest BCUT2D eigenvalue weighted by molar-refractivity contribution is 5.81. The lowest BCUT2D eigenvalue weighted by molar-refractivity contribution is 0.197. The monoisotopic (exact) mass is 277 g/mol. The summed E-state index contributed by atoms with van der Waals surface area (Å²) in [5.41, 5.74) is 3.01. The Labute approximate surface area is 127 Å². The Hall–Kier alpha value is -0.590. The Morgan fingerprint density at radius 1 is 1.20 bits per heavy atom. The van der Waals surface area contributed by atoms with Crippen molar-refractivity contribution in [1.29, 1.82) is 0 Å². The van der Waals surface area contributed by atoms with Gasteiger partial charge in [-0.15, -0.1) is 0 Å². The smallest absolute Gasteiger partial charge is 0.0416 e. The molecule has 116 valence electrons. The summed E-state index contributed by atoms with van der Waals surface area (Å²) in [4.78, 5) is 4.72. The third-order valence-corrected chi connectivity index (χ3v) is 5.58. The van der Waals surface area contributed by atoms with Gasteiger partial charge in [0.1, 0.15) is 0 Å². The molecule has 0 fully saturated rings. The molecule has 0 N–H and O–H groups in total. The summed E-state index contributed by atoms with van der Waals surface area (Å²) in [6, 6.07) is 0. The number of aliphatic imine (C=N–C) groups is 1. The van der Waals surface area contributed by atoms with Gasteiger partial charge in [0, 0.05) is 12.3 Å². The third-order valence-electron chi connectivity index (χ3n) is 5.58. The van der Waals surface area contributed by atoms with Gasteiger partial charge >= 0.3 is 0 Å². The van der Waals surface area contributed by atoms with Crippen molar-refractivity contribution < 1.29 is 0 Å². The summed E-state index contributed by atoms with van der Waals surface area (Å²) >= 11 is 0. The lowest BCUT2D eigenvalue weighted by Gasteiger charge is -2.33. The Morgan fingerprint density at radius 3 is 2.30 bits per heavy atom. The molecule has 0 amide bonds. The molecule has 1 heteroatoms. The average molecular weight is 277 g/mol. The van der Waals surface area contributed by atoms with Crippen LogP contribution in [-0.4, -0.2) is 12.3 Å². The van der Waals surface area contributed by atoms with Crippen LogP contribution in [0.15, 0.2) is 16.6 Å². The second-order valence-corrected chi connectivity index (χ2v) is 6.90. The fourth-order valence-corrected chi connectivity index (χ4v) is 3.10. The van der Waals surface area contributed by atoms with E-state index in [1.807, 2.05) is 0 Å². The largest absolute Gasteiger partial charge is 0.294 e. The second-order valence-electron chi connectivity index (χ2n) is 6.90. The van der Waals surface area contributed by atoms with Crippen LogP contribution in [0.1, 0.15) is 73.6 Å². The minimum atomic E-state index is 0.691. The van der Waals surface area contributed by atoms with Gasteiger partial charge in [-0.2, -0.15) is 0 Å². The van der Waals surface area contributed by atoms with Crippen LogP contribution < -0.4 is 0 Å². The highest BCUT2D eigenvalue weighted by Crippen LogP contribution is 2.36. The summed E-state index contributed by atoms with van der Waals surface area (Å²) < 4.78 is 0. The fourth-order valence-electron chi connectivity index (χ4n) is 3.10. The first-order valence-electron chi connectivity index (χ1n) is 8.67. The van der Waals surface area contributed by atoms with Crippen LogP contribution in [0.2, 0.25) is 0 Å². The molecule has 0 heterocycles. The van der Waals surface area contributed by atoms with Gasteiger partial charge in [0.2, 0.25) is 0 Å². The minimum absolute atomic E-state index is 0.691. The summed E-state index contributed by atoms with van der Waals surface area (Å²) in [5, 5.41) is 0. The molecule has 0 saturated carbocycles. The van der Waals surface area contributed by atoms with Crippen LogP contribution in [0.4, 0.5) is 0 Å². The highest BCUT2D eigenvalue weighted by atomic mass is 14.7. The lowest BCUT2D eigenvalue weighted by atomic mass is 9.73. The quantitative estimate of drug-likeness (QED) is 0.367. The molecule has 0 aliphatic heterocycles. The van der Waals surface area contributed by atoms with E-state index >= 15 is 0 Å². The third kappa shape index (κ3) is 5.07. The van der Waals surface area contributed by atoms with Gasteiger partial charge in [-0.1, -0.05) is 52.7 Å². The van der Waals surface area contributed by atoms with Crippen LogP contribution in [0.5, 0.6) is 0 Å². The number of rotatable bonds is 9. The van der Waals surface area contributed by atoms with Crippen LogP contribution in [0.25, 0.3) is 0 Å². The molecule has 4 unspecified atom stereocenters. The molecular formula is C19H35N. The molecule has 4 atom stereocenters. The van der Waals surface area contributed by atoms with E-state index in [2.05, 4.69) is 47.6 Å². The van der Waals surface area contributed by atoms with Crippen molar-refractivity contribution in [2.24, 2.45) is 28.7 Å². The topological polar surface area (TPSA) is 12.4 Å². The van der Waals surface area contributed by atoms with E-state index in [4.69, 9.17) is 4.99 Å². The van der Waals surface area contributed by atoms with E-state index in [9.17, 15) is 0 Å². The number of hydrogen-bond acceptors (Lipinski definition) is 1. The zero-order chi connectivity index (χ0) is 15.1. The average Bonchev–Trinajstić information content (AvgIpc) is 2.41.